The fourth-order valence-corrected chi connectivity index (χ4v) is 5.86. The van der Waals surface area contributed by atoms with Gasteiger partial charge in [0.15, 0.2) is 0 Å². The molecule has 2 N–H and O–H groups in total. The Morgan fingerprint density at radius 1 is 1.13 bits per heavy atom. The van der Waals surface area contributed by atoms with Gasteiger partial charge in [0.1, 0.15) is 16.1 Å². The number of anilines is 1. The van der Waals surface area contributed by atoms with Crippen LogP contribution in [0, 0.1) is 11.7 Å². The lowest BCUT2D eigenvalue weighted by Crippen LogP contribution is -2.52. The van der Waals surface area contributed by atoms with Gasteiger partial charge in [0.2, 0.25) is 5.91 Å². The zero-order valence-electron chi connectivity index (χ0n) is 17.8. The minimum Gasteiger partial charge on any atom is -0.367 e. The number of nitrogens with one attached hydrogen (secondary N) is 2. The second-order valence-electron chi connectivity index (χ2n) is 7.85. The highest BCUT2D eigenvalue weighted by Gasteiger charge is 2.29. The largest absolute Gasteiger partial charge is 0.367 e. The molecule has 0 aliphatic carbocycles. The summed E-state index contributed by atoms with van der Waals surface area (Å²) < 4.78 is 41.7. The maximum atomic E-state index is 14.0. The fourth-order valence-electron chi connectivity index (χ4n) is 3.50. The molecular formula is C21H29FN4O3S2. The summed E-state index contributed by atoms with van der Waals surface area (Å²) >= 11 is 1.12. The summed E-state index contributed by atoms with van der Waals surface area (Å²) in [6, 6.07) is 9.11. The van der Waals surface area contributed by atoms with Gasteiger partial charge in [0.05, 0.1) is 5.69 Å². The minimum atomic E-state index is -3.73. The van der Waals surface area contributed by atoms with Crippen LogP contribution >= 0.6 is 11.3 Å². The Hall–Kier alpha value is -2.01. The molecule has 0 spiro atoms. The van der Waals surface area contributed by atoms with Crippen LogP contribution in [0.5, 0.6) is 0 Å². The van der Waals surface area contributed by atoms with Gasteiger partial charge in [-0.25, -0.2) is 12.8 Å². The summed E-state index contributed by atoms with van der Waals surface area (Å²) in [6.07, 6.45) is 0. The molecule has 1 aliphatic heterocycles. The van der Waals surface area contributed by atoms with Crippen LogP contribution in [0.2, 0.25) is 0 Å². The van der Waals surface area contributed by atoms with E-state index in [-0.39, 0.29) is 21.9 Å². The Balaban J connectivity index is 1.46. The van der Waals surface area contributed by atoms with Crippen LogP contribution in [0.4, 0.5) is 10.1 Å². The molecule has 1 aromatic carbocycles. The van der Waals surface area contributed by atoms with Gasteiger partial charge in [-0.3, -0.25) is 9.69 Å². The molecule has 1 aliphatic rings. The first-order valence-corrected chi connectivity index (χ1v) is 12.7. The predicted octanol–water partition coefficient (Wildman–Crippen LogP) is 2.13. The third kappa shape index (κ3) is 6.25. The van der Waals surface area contributed by atoms with Crippen molar-refractivity contribution in [2.45, 2.75) is 24.1 Å². The second kappa shape index (κ2) is 10.5. The van der Waals surface area contributed by atoms with E-state index in [1.165, 1.54) is 12.1 Å². The van der Waals surface area contributed by atoms with Gasteiger partial charge in [-0.1, -0.05) is 32.0 Å². The lowest BCUT2D eigenvalue weighted by Gasteiger charge is -2.36. The third-order valence-electron chi connectivity index (χ3n) is 5.28. The molecule has 3 rings (SSSR count). The highest BCUT2D eigenvalue weighted by atomic mass is 32.2. The van der Waals surface area contributed by atoms with Crippen LogP contribution in [0.1, 0.15) is 13.8 Å². The van der Waals surface area contributed by atoms with Crippen LogP contribution in [0.15, 0.2) is 46.0 Å². The number of piperazine rings is 1. The first-order valence-electron chi connectivity index (χ1n) is 10.3. The number of sulfonamides is 1. The van der Waals surface area contributed by atoms with E-state index in [2.05, 4.69) is 14.9 Å². The number of hydrogen-bond donors (Lipinski definition) is 2. The summed E-state index contributed by atoms with van der Waals surface area (Å²) in [5.74, 6) is -0.743. The summed E-state index contributed by atoms with van der Waals surface area (Å²) in [7, 11) is -3.73. The van der Waals surface area contributed by atoms with Gasteiger partial charge < -0.3 is 10.2 Å². The molecule has 10 heteroatoms. The first kappa shape index (κ1) is 23.6. The zero-order chi connectivity index (χ0) is 22.4. The van der Waals surface area contributed by atoms with Crippen molar-refractivity contribution in [2.24, 2.45) is 5.92 Å². The van der Waals surface area contributed by atoms with Crippen LogP contribution < -0.4 is 14.9 Å². The molecule has 2 aromatic rings. The number of amides is 1. The van der Waals surface area contributed by atoms with Crippen molar-refractivity contribution >= 4 is 33.0 Å². The number of nitrogens with zero attached hydrogens (tertiary/aromatic N) is 2. The highest BCUT2D eigenvalue weighted by Crippen LogP contribution is 2.20. The first-order chi connectivity index (χ1) is 14.8. The molecule has 31 heavy (non-hydrogen) atoms. The SMILES string of the molecule is CC(C)C(NS(=O)(=O)c1cccs1)C(=O)NCCN1CCN(c2ccccc2F)CC1. The maximum absolute atomic E-state index is 14.0. The van der Waals surface area contributed by atoms with E-state index < -0.39 is 16.1 Å². The average molecular weight is 469 g/mol. The van der Waals surface area contributed by atoms with Crippen molar-refractivity contribution in [3.63, 3.8) is 0 Å². The van der Waals surface area contributed by atoms with Crippen LogP contribution in [0.25, 0.3) is 0 Å². The van der Waals surface area contributed by atoms with Gasteiger partial charge in [0.25, 0.3) is 10.0 Å². The van der Waals surface area contributed by atoms with Gasteiger partial charge in [-0.05, 0) is 29.5 Å². The molecule has 0 saturated carbocycles. The number of para-hydroxylation sites is 1. The quantitative estimate of drug-likeness (QED) is 0.589. The monoisotopic (exact) mass is 468 g/mol. The van der Waals surface area contributed by atoms with E-state index >= 15 is 0 Å². The van der Waals surface area contributed by atoms with Gasteiger partial charge in [-0.15, -0.1) is 11.3 Å². The molecule has 1 amide bonds. The maximum Gasteiger partial charge on any atom is 0.250 e. The highest BCUT2D eigenvalue weighted by molar-refractivity contribution is 7.91. The predicted molar refractivity (Wildman–Crippen MR) is 121 cm³/mol. The molecule has 0 radical (unpaired) electrons. The van der Waals surface area contributed by atoms with Gasteiger partial charge >= 0.3 is 0 Å². The Morgan fingerprint density at radius 3 is 2.45 bits per heavy atom. The minimum absolute atomic E-state index is 0.193. The smallest absolute Gasteiger partial charge is 0.250 e. The van der Waals surface area contributed by atoms with E-state index in [0.29, 0.717) is 31.9 Å². The summed E-state index contributed by atoms with van der Waals surface area (Å²) in [5, 5.41) is 4.54. The molecule has 1 aromatic heterocycles. The molecule has 7 nitrogen and oxygen atoms in total. The number of hydrogen-bond acceptors (Lipinski definition) is 6. The Bertz CT molecular complexity index is 959. The second-order valence-corrected chi connectivity index (χ2v) is 10.7. The number of halogens is 1. The van der Waals surface area contributed by atoms with E-state index in [0.717, 1.165) is 24.4 Å². The number of rotatable bonds is 9. The molecule has 2 heterocycles. The van der Waals surface area contributed by atoms with Gasteiger partial charge in [-0.2, -0.15) is 4.72 Å². The number of benzene rings is 1. The fraction of sp³-hybridized carbons (Fsp3) is 0.476. The van der Waals surface area contributed by atoms with E-state index in [1.807, 2.05) is 24.8 Å². The zero-order valence-corrected chi connectivity index (χ0v) is 19.4. The topological polar surface area (TPSA) is 81.7 Å². The molecule has 1 unspecified atom stereocenters. The van der Waals surface area contributed by atoms with Crippen LogP contribution in [-0.4, -0.2) is 64.5 Å². The molecule has 170 valence electrons. The van der Waals surface area contributed by atoms with Crippen LogP contribution in [0.3, 0.4) is 0 Å². The summed E-state index contributed by atoms with van der Waals surface area (Å²) in [4.78, 5) is 16.9. The average Bonchev–Trinajstić information content (AvgIpc) is 3.29. The number of carbonyl (C=O) groups is 1. The Morgan fingerprint density at radius 2 is 1.84 bits per heavy atom. The van der Waals surface area contributed by atoms with Crippen molar-refractivity contribution < 1.29 is 17.6 Å². The number of carbonyl (C=O) groups excluding carboxylic acids is 1. The van der Waals surface area contributed by atoms with Crippen molar-refractivity contribution in [1.29, 1.82) is 0 Å². The standard InChI is InChI=1S/C21H29FN4O3S2/c1-16(2)20(24-31(28,29)19-8-5-15-30-19)21(27)23-9-10-25-11-13-26(14-12-25)18-7-4-3-6-17(18)22/h3-8,15-16,20,24H,9-14H2,1-2H3,(H,23,27). The van der Waals surface area contributed by atoms with Crippen molar-refractivity contribution in [3.05, 3.63) is 47.6 Å². The Labute approximate surface area is 187 Å². The molecule has 0 bridgehead atoms. The molecule has 1 atom stereocenters. The van der Waals surface area contributed by atoms with Crippen molar-refractivity contribution in [3.8, 4) is 0 Å². The lowest BCUT2D eigenvalue weighted by atomic mass is 10.1. The molecule has 1 fully saturated rings. The summed E-state index contributed by atoms with van der Waals surface area (Å²) in [5.41, 5.74) is 0.619. The normalized spacial score (nSPS) is 16.5. The van der Waals surface area contributed by atoms with E-state index in [9.17, 15) is 17.6 Å². The van der Waals surface area contributed by atoms with Gasteiger partial charge in [0, 0.05) is 39.3 Å². The van der Waals surface area contributed by atoms with E-state index in [4.69, 9.17) is 0 Å². The Kier molecular flexibility index (Phi) is 8.04. The number of thiophene rings is 1. The van der Waals surface area contributed by atoms with Crippen LogP contribution in [-0.2, 0) is 14.8 Å². The molecule has 1 saturated heterocycles. The van der Waals surface area contributed by atoms with Crippen molar-refractivity contribution in [1.82, 2.24) is 14.9 Å². The molecular weight excluding hydrogens is 439 g/mol. The third-order valence-corrected chi connectivity index (χ3v) is 8.12. The lowest BCUT2D eigenvalue weighted by molar-refractivity contribution is -0.123. The van der Waals surface area contributed by atoms with E-state index in [1.54, 1.807) is 23.6 Å². The van der Waals surface area contributed by atoms with Crippen molar-refractivity contribution in [2.75, 3.05) is 44.2 Å². The summed E-state index contributed by atoms with van der Waals surface area (Å²) in [6.45, 7) is 7.65.